The Morgan fingerprint density at radius 2 is 2.00 bits per heavy atom. The quantitative estimate of drug-likeness (QED) is 0.925. The molecule has 0 saturated carbocycles. The van der Waals surface area contributed by atoms with Crippen LogP contribution >= 0.6 is 0 Å². The maximum absolute atomic E-state index is 12.8. The van der Waals surface area contributed by atoms with Crippen LogP contribution in [-0.2, 0) is 15.7 Å². The monoisotopic (exact) mass is 317 g/mol. The molecule has 1 aliphatic rings. The van der Waals surface area contributed by atoms with E-state index in [1.54, 1.807) is 6.07 Å². The van der Waals surface area contributed by atoms with Gasteiger partial charge < -0.3 is 14.8 Å². The van der Waals surface area contributed by atoms with Crippen molar-refractivity contribution in [3.05, 3.63) is 18.0 Å². The van der Waals surface area contributed by atoms with E-state index in [2.05, 4.69) is 20.6 Å². The maximum atomic E-state index is 12.8. The smallest absolute Gasteiger partial charge is 0.368 e. The molecule has 1 N–H and O–H groups in total. The molecule has 7 nitrogen and oxygen atoms in total. The van der Waals surface area contributed by atoms with E-state index in [0.29, 0.717) is 36.5 Å². The number of rotatable bonds is 4. The van der Waals surface area contributed by atoms with Gasteiger partial charge in [-0.05, 0) is 19.1 Å². The fourth-order valence-corrected chi connectivity index (χ4v) is 2.18. The summed E-state index contributed by atoms with van der Waals surface area (Å²) in [7, 11) is 0. The Hall–Kier alpha value is -1.94. The van der Waals surface area contributed by atoms with Gasteiger partial charge in [0.2, 0.25) is 0 Å². The standard InChI is InChI=1S/C12H14F3N5O2/c1-11(21-6-7-22-11)4-5-16-8-2-3-9-17-18-10(12(13,14)15)20(9)19-8/h2-3H,4-7H2,1H3,(H,16,19). The lowest BCUT2D eigenvalue weighted by Crippen LogP contribution is -2.28. The van der Waals surface area contributed by atoms with Crippen LogP contribution in [0.3, 0.4) is 0 Å². The van der Waals surface area contributed by atoms with E-state index in [9.17, 15) is 13.2 Å². The Labute approximate surface area is 123 Å². The number of halogens is 3. The molecule has 1 fully saturated rings. The van der Waals surface area contributed by atoms with Gasteiger partial charge in [0, 0.05) is 13.0 Å². The Balaban J connectivity index is 1.71. The second kappa shape index (κ2) is 5.36. The summed E-state index contributed by atoms with van der Waals surface area (Å²) in [6, 6.07) is 2.96. The molecule has 0 unspecified atom stereocenters. The maximum Gasteiger partial charge on any atom is 0.453 e. The zero-order valence-corrected chi connectivity index (χ0v) is 11.7. The number of nitrogens with zero attached hydrogens (tertiary/aromatic N) is 4. The average molecular weight is 317 g/mol. The van der Waals surface area contributed by atoms with Gasteiger partial charge >= 0.3 is 6.18 Å². The minimum atomic E-state index is -4.61. The minimum Gasteiger partial charge on any atom is -0.368 e. The van der Waals surface area contributed by atoms with Gasteiger partial charge in [-0.15, -0.1) is 15.3 Å². The van der Waals surface area contributed by atoms with Gasteiger partial charge in [-0.3, -0.25) is 0 Å². The van der Waals surface area contributed by atoms with Gasteiger partial charge in [0.05, 0.1) is 13.2 Å². The van der Waals surface area contributed by atoms with E-state index in [4.69, 9.17) is 9.47 Å². The molecule has 1 saturated heterocycles. The molecule has 0 aliphatic carbocycles. The molecule has 0 spiro atoms. The molecule has 3 rings (SSSR count). The summed E-state index contributed by atoms with van der Waals surface area (Å²) < 4.78 is 49.9. The predicted octanol–water partition coefficient (Wildman–Crippen LogP) is 1.71. The molecular weight excluding hydrogens is 303 g/mol. The lowest BCUT2D eigenvalue weighted by molar-refractivity contribution is -0.146. The third-order valence-corrected chi connectivity index (χ3v) is 3.30. The summed E-state index contributed by atoms with van der Waals surface area (Å²) in [4.78, 5) is 0. The van der Waals surface area contributed by atoms with Crippen molar-refractivity contribution >= 4 is 11.5 Å². The zero-order valence-electron chi connectivity index (χ0n) is 11.7. The second-order valence-electron chi connectivity index (χ2n) is 5.02. The molecule has 0 atom stereocenters. The fraction of sp³-hybridized carbons (Fsp3) is 0.583. The normalized spacial score (nSPS) is 18.0. The summed E-state index contributed by atoms with van der Waals surface area (Å²) in [6.07, 6.45) is -4.06. The van der Waals surface area contributed by atoms with Crippen molar-refractivity contribution in [1.29, 1.82) is 0 Å². The highest BCUT2D eigenvalue weighted by Gasteiger charge is 2.37. The van der Waals surface area contributed by atoms with Crippen LogP contribution in [0.5, 0.6) is 0 Å². The molecule has 22 heavy (non-hydrogen) atoms. The molecule has 10 heteroatoms. The fourth-order valence-electron chi connectivity index (χ4n) is 2.18. The summed E-state index contributed by atoms with van der Waals surface area (Å²) in [5.74, 6) is -1.52. The highest BCUT2D eigenvalue weighted by Crippen LogP contribution is 2.27. The number of ether oxygens (including phenoxy) is 2. The summed E-state index contributed by atoms with van der Waals surface area (Å²) in [5.41, 5.74) is 0.0345. The van der Waals surface area contributed by atoms with E-state index >= 15 is 0 Å². The van der Waals surface area contributed by atoms with Crippen LogP contribution in [0.4, 0.5) is 19.0 Å². The Morgan fingerprint density at radius 3 is 2.68 bits per heavy atom. The average Bonchev–Trinajstić information content (AvgIpc) is 3.04. The van der Waals surface area contributed by atoms with Crippen molar-refractivity contribution in [2.24, 2.45) is 0 Å². The van der Waals surface area contributed by atoms with Crippen LogP contribution in [0, 0.1) is 0 Å². The summed E-state index contributed by atoms with van der Waals surface area (Å²) >= 11 is 0. The molecular formula is C12H14F3N5O2. The Bertz CT molecular complexity index is 666. The molecule has 0 radical (unpaired) electrons. The van der Waals surface area contributed by atoms with E-state index in [1.807, 2.05) is 6.92 Å². The Kier molecular flexibility index (Phi) is 3.65. The van der Waals surface area contributed by atoms with E-state index in [0.717, 1.165) is 0 Å². The van der Waals surface area contributed by atoms with Crippen molar-refractivity contribution in [2.45, 2.75) is 25.3 Å². The van der Waals surface area contributed by atoms with Crippen molar-refractivity contribution in [1.82, 2.24) is 19.8 Å². The van der Waals surface area contributed by atoms with Crippen LogP contribution < -0.4 is 5.32 Å². The first-order valence-corrected chi connectivity index (χ1v) is 6.69. The van der Waals surface area contributed by atoms with Crippen LogP contribution in [0.25, 0.3) is 5.65 Å². The highest BCUT2D eigenvalue weighted by molar-refractivity contribution is 5.44. The molecule has 3 heterocycles. The molecule has 1 aliphatic heterocycles. The van der Waals surface area contributed by atoms with Crippen molar-refractivity contribution < 1.29 is 22.6 Å². The molecule has 0 amide bonds. The number of nitrogens with one attached hydrogen (secondary N) is 1. The largest absolute Gasteiger partial charge is 0.453 e. The number of anilines is 1. The van der Waals surface area contributed by atoms with Crippen LogP contribution in [0.2, 0.25) is 0 Å². The number of hydrogen-bond donors (Lipinski definition) is 1. The SMILES string of the molecule is CC1(CCNc2ccc3nnc(C(F)(F)F)n3n2)OCCO1. The first-order valence-electron chi connectivity index (χ1n) is 6.69. The van der Waals surface area contributed by atoms with Crippen molar-refractivity contribution in [3.8, 4) is 0 Å². The van der Waals surface area contributed by atoms with Crippen molar-refractivity contribution in [2.75, 3.05) is 25.1 Å². The first kappa shape index (κ1) is 15.0. The van der Waals surface area contributed by atoms with Crippen LogP contribution in [0.15, 0.2) is 12.1 Å². The molecule has 2 aromatic heterocycles. The van der Waals surface area contributed by atoms with Gasteiger partial charge in [0.15, 0.2) is 11.4 Å². The van der Waals surface area contributed by atoms with Crippen LogP contribution in [-0.4, -0.2) is 45.4 Å². The molecule has 2 aromatic rings. The van der Waals surface area contributed by atoms with E-state index < -0.39 is 17.8 Å². The molecule has 0 aromatic carbocycles. The number of alkyl halides is 3. The van der Waals surface area contributed by atoms with Crippen LogP contribution in [0.1, 0.15) is 19.2 Å². The van der Waals surface area contributed by atoms with Gasteiger partial charge in [-0.1, -0.05) is 0 Å². The minimum absolute atomic E-state index is 0.0345. The number of aromatic nitrogens is 4. The molecule has 120 valence electrons. The third kappa shape index (κ3) is 2.97. The Morgan fingerprint density at radius 1 is 1.27 bits per heavy atom. The lowest BCUT2D eigenvalue weighted by atomic mass is 10.2. The van der Waals surface area contributed by atoms with Gasteiger partial charge in [-0.2, -0.15) is 17.7 Å². The summed E-state index contributed by atoms with van der Waals surface area (Å²) in [5, 5.41) is 13.4. The van der Waals surface area contributed by atoms with E-state index in [1.165, 1.54) is 6.07 Å². The number of hydrogen-bond acceptors (Lipinski definition) is 6. The van der Waals surface area contributed by atoms with E-state index in [-0.39, 0.29) is 5.65 Å². The predicted molar refractivity (Wildman–Crippen MR) is 69.2 cm³/mol. The topological polar surface area (TPSA) is 73.6 Å². The highest BCUT2D eigenvalue weighted by atomic mass is 19.4. The number of fused-ring (bicyclic) bond motifs is 1. The van der Waals surface area contributed by atoms with Gasteiger partial charge in [-0.25, -0.2) is 0 Å². The van der Waals surface area contributed by atoms with Gasteiger partial charge in [0.25, 0.3) is 5.82 Å². The zero-order chi connectivity index (χ0) is 15.8. The third-order valence-electron chi connectivity index (χ3n) is 3.30. The molecule has 0 bridgehead atoms. The first-order chi connectivity index (χ1) is 10.4. The van der Waals surface area contributed by atoms with Crippen molar-refractivity contribution in [3.63, 3.8) is 0 Å². The second-order valence-corrected chi connectivity index (χ2v) is 5.02. The lowest BCUT2D eigenvalue weighted by Gasteiger charge is -2.22. The van der Waals surface area contributed by atoms with Gasteiger partial charge in [0.1, 0.15) is 5.82 Å². The summed E-state index contributed by atoms with van der Waals surface area (Å²) in [6.45, 7) is 3.34.